The molecule has 216 valence electrons. The lowest BCUT2D eigenvalue weighted by Crippen LogP contribution is -2.37. The maximum Gasteiger partial charge on any atom is 0.165 e. The number of rotatable bonds is 2. The molecule has 0 radical (unpaired) electrons. The van der Waals surface area contributed by atoms with Crippen molar-refractivity contribution in [3.8, 4) is 28.7 Å². The summed E-state index contributed by atoms with van der Waals surface area (Å²) < 4.78 is 16.0. The lowest BCUT2D eigenvalue weighted by Gasteiger charge is -2.45. The first-order valence-corrected chi connectivity index (χ1v) is 15.8. The molecule has 0 saturated carbocycles. The smallest absolute Gasteiger partial charge is 0.165 e. The molecule has 0 bridgehead atoms. The summed E-state index contributed by atoms with van der Waals surface area (Å²) in [5.74, 6) is 3.39. The van der Waals surface area contributed by atoms with Gasteiger partial charge in [0.2, 0.25) is 0 Å². The number of hydrogen-bond acceptors (Lipinski definition) is 4. The van der Waals surface area contributed by atoms with Crippen LogP contribution in [0, 0.1) is 0 Å². The molecule has 2 aliphatic carbocycles. The minimum atomic E-state index is -0.633. The lowest BCUT2D eigenvalue weighted by molar-refractivity contribution is 0.398. The second-order valence-electron chi connectivity index (χ2n) is 12.3. The topological polar surface area (TPSA) is 48.1 Å². The number of allylic oxidation sites excluding steroid dienone is 2. The molecular formula is C40H29N3O2. The lowest BCUT2D eigenvalue weighted by atomic mass is 9.62. The first-order valence-electron chi connectivity index (χ1n) is 15.8. The summed E-state index contributed by atoms with van der Waals surface area (Å²) in [6.45, 7) is 0. The zero-order valence-corrected chi connectivity index (χ0v) is 24.6. The van der Waals surface area contributed by atoms with E-state index in [1.807, 2.05) is 6.07 Å². The Bertz CT molecular complexity index is 2170. The summed E-state index contributed by atoms with van der Waals surface area (Å²) >= 11 is 0. The molecule has 0 N–H and O–H groups in total. The van der Waals surface area contributed by atoms with Crippen LogP contribution in [0.3, 0.4) is 0 Å². The fraction of sp³-hybridized carbons (Fsp3) is 0.150. The zero-order valence-electron chi connectivity index (χ0n) is 24.6. The average molecular weight is 584 g/mol. The van der Waals surface area contributed by atoms with Crippen molar-refractivity contribution in [2.75, 3.05) is 0 Å². The van der Waals surface area contributed by atoms with E-state index in [1.165, 1.54) is 22.5 Å². The Morgan fingerprint density at radius 3 is 2.07 bits per heavy atom. The average Bonchev–Trinajstić information content (AvgIpc) is 3.75. The standard InChI is InChI=1S/C40H29N3O2/c1-5-13-33-27(9-1)28-10-2-6-14-34(28)43(33)26-18-20-32-38(24-26)45-36-16-8-4-12-30(36)40(32)29-11-3-7-15-35(29)44-37-23-25(17-19-31(37)40)39-41-21-22-42-39/h1,3-4,6-9,11-12,14-24,39H,2,5,10,13H2. The van der Waals surface area contributed by atoms with Gasteiger partial charge in [0.15, 0.2) is 6.17 Å². The molecule has 5 aliphatic rings. The molecule has 0 saturated heterocycles. The zero-order chi connectivity index (χ0) is 29.5. The first-order chi connectivity index (χ1) is 22.3. The van der Waals surface area contributed by atoms with Gasteiger partial charge in [0.25, 0.3) is 0 Å². The molecule has 5 nitrogen and oxygen atoms in total. The Morgan fingerprint density at radius 1 is 0.644 bits per heavy atom. The number of benzene rings is 4. The Kier molecular flexibility index (Phi) is 5.15. The van der Waals surface area contributed by atoms with Gasteiger partial charge in [-0.1, -0.05) is 72.8 Å². The van der Waals surface area contributed by atoms with Crippen molar-refractivity contribution in [3.63, 3.8) is 0 Å². The van der Waals surface area contributed by atoms with Crippen LogP contribution < -0.4 is 9.47 Å². The van der Waals surface area contributed by atoms with Gasteiger partial charge >= 0.3 is 0 Å². The van der Waals surface area contributed by atoms with E-state index in [4.69, 9.17) is 9.47 Å². The molecule has 4 aromatic carbocycles. The largest absolute Gasteiger partial charge is 0.457 e. The predicted molar refractivity (Wildman–Crippen MR) is 179 cm³/mol. The second kappa shape index (κ2) is 9.29. The third-order valence-corrected chi connectivity index (χ3v) is 10.0. The van der Waals surface area contributed by atoms with Crippen LogP contribution in [0.25, 0.3) is 17.8 Å². The number of hydrogen-bond donors (Lipinski definition) is 0. The number of para-hydroxylation sites is 2. The molecule has 1 spiro atoms. The van der Waals surface area contributed by atoms with E-state index in [-0.39, 0.29) is 6.17 Å². The molecule has 4 heterocycles. The molecule has 45 heavy (non-hydrogen) atoms. The van der Waals surface area contributed by atoms with Gasteiger partial charge in [0.1, 0.15) is 23.0 Å². The fourth-order valence-corrected chi connectivity index (χ4v) is 8.16. The molecule has 1 unspecified atom stereocenters. The minimum absolute atomic E-state index is 0.244. The molecule has 1 atom stereocenters. The maximum absolute atomic E-state index is 6.84. The summed E-state index contributed by atoms with van der Waals surface area (Å²) in [7, 11) is 0. The van der Waals surface area contributed by atoms with Crippen LogP contribution in [0.5, 0.6) is 23.0 Å². The first kappa shape index (κ1) is 25.0. The third kappa shape index (κ3) is 3.38. The number of nitrogens with zero attached hydrogens (tertiary/aromatic N) is 3. The van der Waals surface area contributed by atoms with Crippen LogP contribution in [-0.4, -0.2) is 17.0 Å². The van der Waals surface area contributed by atoms with Crippen LogP contribution in [0.2, 0.25) is 0 Å². The van der Waals surface area contributed by atoms with Crippen molar-refractivity contribution in [3.05, 3.63) is 147 Å². The molecule has 0 amide bonds. The highest BCUT2D eigenvalue weighted by molar-refractivity contribution is 6.17. The molecule has 0 fully saturated rings. The Hall–Kier alpha value is -5.42. The van der Waals surface area contributed by atoms with Crippen molar-refractivity contribution in [2.45, 2.75) is 37.3 Å². The quantitative estimate of drug-likeness (QED) is 0.204. The summed E-state index contributed by atoms with van der Waals surface area (Å²) in [5.41, 5.74) is 11.5. The van der Waals surface area contributed by atoms with Gasteiger partial charge in [-0.25, -0.2) is 0 Å². The summed E-state index contributed by atoms with van der Waals surface area (Å²) in [6, 6.07) is 30.2. The van der Waals surface area contributed by atoms with Crippen LogP contribution in [0.15, 0.2) is 107 Å². The highest BCUT2D eigenvalue weighted by Crippen LogP contribution is 2.61. The van der Waals surface area contributed by atoms with Gasteiger partial charge in [-0.05, 0) is 67.2 Å². The summed E-state index contributed by atoms with van der Waals surface area (Å²) in [6.07, 6.45) is 16.8. The van der Waals surface area contributed by atoms with E-state index in [1.54, 1.807) is 12.4 Å². The van der Waals surface area contributed by atoms with Crippen molar-refractivity contribution < 1.29 is 9.47 Å². The highest BCUT2D eigenvalue weighted by atomic mass is 16.5. The van der Waals surface area contributed by atoms with Crippen molar-refractivity contribution in [1.29, 1.82) is 0 Å². The van der Waals surface area contributed by atoms with E-state index < -0.39 is 5.41 Å². The number of aliphatic imine (C=N–C) groups is 2. The van der Waals surface area contributed by atoms with E-state index in [0.717, 1.165) is 82.2 Å². The summed E-state index contributed by atoms with van der Waals surface area (Å²) in [4.78, 5) is 9.07. The van der Waals surface area contributed by atoms with E-state index >= 15 is 0 Å². The second-order valence-corrected chi connectivity index (χ2v) is 12.3. The third-order valence-electron chi connectivity index (χ3n) is 10.0. The number of ether oxygens (including phenoxy) is 2. The van der Waals surface area contributed by atoms with E-state index in [0.29, 0.717) is 0 Å². The minimum Gasteiger partial charge on any atom is -0.457 e. The normalized spacial score (nSPS) is 19.6. The SMILES string of the molecule is C1=Cc2c(c3c(n2-c2ccc4c(c2)Oc2ccccc2C42c4ccccc4Oc4cc(C5N=CC=N5)ccc42)CCC=C3)CC1. The fourth-order valence-electron chi connectivity index (χ4n) is 8.16. The Morgan fingerprint density at radius 2 is 1.29 bits per heavy atom. The van der Waals surface area contributed by atoms with Gasteiger partial charge in [-0.3, -0.25) is 9.98 Å². The van der Waals surface area contributed by atoms with Gasteiger partial charge in [-0.15, -0.1) is 0 Å². The van der Waals surface area contributed by atoms with Gasteiger partial charge in [0.05, 0.1) is 5.41 Å². The van der Waals surface area contributed by atoms with Crippen LogP contribution in [-0.2, 0) is 18.3 Å². The molecule has 10 rings (SSSR count). The number of fused-ring (bicyclic) bond motifs is 11. The summed E-state index contributed by atoms with van der Waals surface area (Å²) in [5, 5.41) is 0. The maximum atomic E-state index is 6.84. The highest BCUT2D eigenvalue weighted by Gasteiger charge is 2.50. The van der Waals surface area contributed by atoms with Crippen LogP contribution >= 0.6 is 0 Å². The van der Waals surface area contributed by atoms with Crippen molar-refractivity contribution in [1.82, 2.24) is 4.57 Å². The molecule has 3 aliphatic heterocycles. The monoisotopic (exact) mass is 583 g/mol. The van der Waals surface area contributed by atoms with Gasteiger partial charge in [-0.2, -0.15) is 0 Å². The molecule has 5 aromatic rings. The van der Waals surface area contributed by atoms with E-state index in [9.17, 15) is 0 Å². The van der Waals surface area contributed by atoms with Gasteiger partial charge < -0.3 is 14.0 Å². The van der Waals surface area contributed by atoms with Gasteiger partial charge in [0, 0.05) is 63.4 Å². The predicted octanol–water partition coefficient (Wildman–Crippen LogP) is 9.14. The Labute approximate surface area is 261 Å². The molecular weight excluding hydrogens is 554 g/mol. The van der Waals surface area contributed by atoms with Crippen LogP contribution in [0.4, 0.5) is 0 Å². The molecule has 5 heteroatoms. The number of aromatic nitrogens is 1. The van der Waals surface area contributed by atoms with Crippen molar-refractivity contribution >= 4 is 24.6 Å². The Balaban J connectivity index is 1.24. The van der Waals surface area contributed by atoms with Crippen LogP contribution in [0.1, 0.15) is 69.3 Å². The molecule has 1 aromatic heterocycles. The van der Waals surface area contributed by atoms with Crippen molar-refractivity contribution in [2.24, 2.45) is 9.98 Å². The van der Waals surface area contributed by atoms with E-state index in [2.05, 4.69) is 118 Å².